The molecule has 0 radical (unpaired) electrons. The van der Waals surface area contributed by atoms with Crippen molar-refractivity contribution in [2.24, 2.45) is 11.8 Å². The van der Waals surface area contributed by atoms with Gasteiger partial charge in [0.1, 0.15) is 0 Å². The maximum atomic E-state index is 14.4. The first kappa shape index (κ1) is 26.7. The van der Waals surface area contributed by atoms with Gasteiger partial charge in [0.2, 0.25) is 0 Å². The Kier molecular flexibility index (Phi) is 9.22. The van der Waals surface area contributed by atoms with E-state index in [9.17, 15) is 4.79 Å². The van der Waals surface area contributed by atoms with Crippen LogP contribution < -0.4 is 5.69 Å². The lowest BCUT2D eigenvalue weighted by Gasteiger charge is -2.24. The summed E-state index contributed by atoms with van der Waals surface area (Å²) >= 11 is 0. The predicted octanol–water partition coefficient (Wildman–Crippen LogP) is 9.17. The summed E-state index contributed by atoms with van der Waals surface area (Å²) in [6.45, 7) is 9.11. The molecule has 0 aliphatic carbocycles. The number of unbranched alkanes of at least 4 members (excludes halogenated alkanes) is 3. The molecule has 0 fully saturated rings. The quantitative estimate of drug-likeness (QED) is 0.180. The molecule has 0 N–H and O–H groups in total. The van der Waals surface area contributed by atoms with Gasteiger partial charge in [0, 0.05) is 17.2 Å². The second-order valence-electron chi connectivity index (χ2n) is 10.9. The second kappa shape index (κ2) is 12.8. The second-order valence-corrected chi connectivity index (χ2v) is 10.9. The first-order valence-electron chi connectivity index (χ1n) is 14.0. The van der Waals surface area contributed by atoms with Crippen LogP contribution in [-0.4, -0.2) is 9.13 Å². The highest BCUT2D eigenvalue weighted by Gasteiger charge is 2.29. The smallest absolute Gasteiger partial charge is 0.288 e. The van der Waals surface area contributed by atoms with E-state index in [1.807, 2.05) is 47.0 Å². The van der Waals surface area contributed by atoms with Crippen LogP contribution in [0.3, 0.4) is 0 Å². The first-order chi connectivity index (χ1) is 18.0. The monoisotopic (exact) mass is 494 g/mol. The maximum Gasteiger partial charge on any atom is 0.334 e. The Labute approximate surface area is 222 Å². The molecule has 0 amide bonds. The summed E-state index contributed by atoms with van der Waals surface area (Å²) in [7, 11) is 0. The highest BCUT2D eigenvalue weighted by Crippen LogP contribution is 2.37. The number of benzene rings is 3. The molecule has 0 saturated heterocycles. The molecular formula is C34H42N2O. The van der Waals surface area contributed by atoms with E-state index >= 15 is 0 Å². The molecule has 0 spiro atoms. The summed E-state index contributed by atoms with van der Waals surface area (Å²) in [6, 6.07) is 31.0. The van der Waals surface area contributed by atoms with Crippen molar-refractivity contribution in [1.29, 1.82) is 0 Å². The molecular weight excluding hydrogens is 452 g/mol. The molecule has 194 valence electrons. The number of aromatic nitrogens is 2. The zero-order valence-corrected chi connectivity index (χ0v) is 22.9. The van der Waals surface area contributed by atoms with Crippen LogP contribution in [0, 0.1) is 11.8 Å². The van der Waals surface area contributed by atoms with Crippen LogP contribution in [0.15, 0.2) is 95.8 Å². The molecule has 3 heteroatoms. The van der Waals surface area contributed by atoms with Gasteiger partial charge in [-0.2, -0.15) is 0 Å². The highest BCUT2D eigenvalue weighted by molar-refractivity contribution is 5.80. The van der Waals surface area contributed by atoms with Gasteiger partial charge in [0.05, 0.1) is 17.1 Å². The van der Waals surface area contributed by atoms with E-state index in [0.717, 1.165) is 47.0 Å². The molecule has 0 saturated carbocycles. The fraction of sp³-hybridized carbons (Fsp3) is 0.382. The SMILES string of the molecule is CC(C)CCCCCCC(C(C)C)n1c(-c2ccccc2)c(-c2ccccc2)n(-c2ccccc2)c1=O. The standard InChI is InChI=1S/C34H42N2O/c1-26(2)18-10-5-6-17-25-31(27(3)4)36-33(29-21-13-8-14-22-29)32(28-19-11-7-12-20-28)35(34(36)37)30-23-15-9-16-24-30/h7-9,11-16,19-24,26-27,31H,5-6,10,17-18,25H2,1-4H3. The third-order valence-corrected chi connectivity index (χ3v) is 7.33. The molecule has 0 aliphatic rings. The zero-order valence-electron chi connectivity index (χ0n) is 22.9. The number of para-hydroxylation sites is 1. The van der Waals surface area contributed by atoms with Crippen molar-refractivity contribution >= 4 is 0 Å². The number of hydrogen-bond donors (Lipinski definition) is 0. The molecule has 1 atom stereocenters. The molecule has 1 unspecified atom stereocenters. The van der Waals surface area contributed by atoms with Gasteiger partial charge in [-0.1, -0.05) is 139 Å². The van der Waals surface area contributed by atoms with Crippen LogP contribution in [0.1, 0.15) is 72.3 Å². The van der Waals surface area contributed by atoms with E-state index < -0.39 is 0 Å². The number of hydrogen-bond acceptors (Lipinski definition) is 1. The molecule has 1 aromatic heterocycles. The van der Waals surface area contributed by atoms with E-state index in [1.54, 1.807) is 0 Å². The van der Waals surface area contributed by atoms with Crippen molar-refractivity contribution in [3.63, 3.8) is 0 Å². The average Bonchev–Trinajstić information content (AvgIpc) is 3.21. The lowest BCUT2D eigenvalue weighted by Crippen LogP contribution is -2.30. The summed E-state index contributed by atoms with van der Waals surface area (Å²) in [4.78, 5) is 14.4. The molecule has 3 nitrogen and oxygen atoms in total. The minimum Gasteiger partial charge on any atom is -0.288 e. The fourth-order valence-corrected chi connectivity index (χ4v) is 5.40. The summed E-state index contributed by atoms with van der Waals surface area (Å²) in [6.07, 6.45) is 7.22. The van der Waals surface area contributed by atoms with E-state index in [-0.39, 0.29) is 11.7 Å². The van der Waals surface area contributed by atoms with Gasteiger partial charge >= 0.3 is 5.69 Å². The Morgan fingerprint density at radius 2 is 1.08 bits per heavy atom. The largest absolute Gasteiger partial charge is 0.334 e. The van der Waals surface area contributed by atoms with Gasteiger partial charge in [-0.25, -0.2) is 4.79 Å². The fourth-order valence-electron chi connectivity index (χ4n) is 5.40. The lowest BCUT2D eigenvalue weighted by atomic mass is 9.95. The third-order valence-electron chi connectivity index (χ3n) is 7.33. The summed E-state index contributed by atoms with van der Waals surface area (Å²) in [5.74, 6) is 1.11. The molecule has 4 aromatic rings. The number of rotatable bonds is 12. The Morgan fingerprint density at radius 1 is 0.595 bits per heavy atom. The van der Waals surface area contributed by atoms with Crippen molar-refractivity contribution in [1.82, 2.24) is 9.13 Å². The van der Waals surface area contributed by atoms with Gasteiger partial charge < -0.3 is 0 Å². The Hall–Kier alpha value is -3.33. The van der Waals surface area contributed by atoms with Crippen molar-refractivity contribution < 1.29 is 0 Å². The Bertz CT molecular complexity index is 1280. The first-order valence-corrected chi connectivity index (χ1v) is 14.0. The van der Waals surface area contributed by atoms with E-state index in [1.165, 1.54) is 25.7 Å². The summed E-state index contributed by atoms with van der Waals surface area (Å²) in [5.41, 5.74) is 5.05. The molecule has 4 rings (SSSR count). The normalized spacial score (nSPS) is 12.4. The van der Waals surface area contributed by atoms with Crippen LogP contribution in [0.5, 0.6) is 0 Å². The van der Waals surface area contributed by atoms with E-state index in [0.29, 0.717) is 5.92 Å². The molecule has 1 heterocycles. The molecule has 0 aliphatic heterocycles. The van der Waals surface area contributed by atoms with Crippen molar-refractivity contribution in [2.45, 2.75) is 72.3 Å². The Balaban J connectivity index is 1.86. The van der Waals surface area contributed by atoms with Crippen LogP contribution in [0.2, 0.25) is 0 Å². The van der Waals surface area contributed by atoms with Gasteiger partial charge in [-0.3, -0.25) is 9.13 Å². The lowest BCUT2D eigenvalue weighted by molar-refractivity contribution is 0.334. The van der Waals surface area contributed by atoms with Crippen LogP contribution in [0.4, 0.5) is 0 Å². The van der Waals surface area contributed by atoms with Gasteiger partial charge in [-0.05, 0) is 30.4 Å². The van der Waals surface area contributed by atoms with Gasteiger partial charge in [0.15, 0.2) is 0 Å². The topological polar surface area (TPSA) is 26.9 Å². The minimum absolute atomic E-state index is 0.0439. The number of nitrogens with zero attached hydrogens (tertiary/aromatic N) is 2. The van der Waals surface area contributed by atoms with Crippen molar-refractivity contribution in [3.8, 4) is 28.2 Å². The van der Waals surface area contributed by atoms with Gasteiger partial charge in [0.25, 0.3) is 0 Å². The Morgan fingerprint density at radius 3 is 1.59 bits per heavy atom. The minimum atomic E-state index is 0.0439. The average molecular weight is 495 g/mol. The highest BCUT2D eigenvalue weighted by atomic mass is 16.1. The third kappa shape index (κ3) is 6.33. The molecule has 3 aromatic carbocycles. The van der Waals surface area contributed by atoms with Crippen LogP contribution in [0.25, 0.3) is 28.2 Å². The maximum absolute atomic E-state index is 14.4. The molecule has 37 heavy (non-hydrogen) atoms. The zero-order chi connectivity index (χ0) is 26.2. The van der Waals surface area contributed by atoms with Gasteiger partial charge in [-0.15, -0.1) is 0 Å². The van der Waals surface area contributed by atoms with Crippen LogP contribution in [-0.2, 0) is 0 Å². The van der Waals surface area contributed by atoms with E-state index in [4.69, 9.17) is 0 Å². The molecule has 0 bridgehead atoms. The van der Waals surface area contributed by atoms with Crippen molar-refractivity contribution in [2.75, 3.05) is 0 Å². The summed E-state index contributed by atoms with van der Waals surface area (Å²) < 4.78 is 4.04. The van der Waals surface area contributed by atoms with E-state index in [2.05, 4.69) is 80.8 Å². The summed E-state index contributed by atoms with van der Waals surface area (Å²) in [5, 5.41) is 0. The van der Waals surface area contributed by atoms with Crippen LogP contribution >= 0.6 is 0 Å². The number of imidazole rings is 1. The van der Waals surface area contributed by atoms with Crippen molar-refractivity contribution in [3.05, 3.63) is 101 Å². The predicted molar refractivity (Wildman–Crippen MR) is 157 cm³/mol.